The summed E-state index contributed by atoms with van der Waals surface area (Å²) in [4.78, 5) is 38.6. The standard InChI is InChI=1S/C20H27N3O6/c1-20(2,3)23(19(26)27)17-14(8-9-16(21)24)22(18(17)25)11-12-6-7-13(28-4)10-15(12)29-5/h6-10,14,17H,11H2,1-5H3,(H2,21,24)(H,26,27)/t14-,17-/m1/s1. The molecule has 1 heterocycles. The number of benzene rings is 1. The van der Waals surface area contributed by atoms with Crippen LogP contribution < -0.4 is 15.2 Å². The number of rotatable bonds is 7. The summed E-state index contributed by atoms with van der Waals surface area (Å²) in [6, 6.07) is 3.62. The minimum absolute atomic E-state index is 0.174. The Labute approximate surface area is 169 Å². The van der Waals surface area contributed by atoms with Crippen molar-refractivity contribution in [3.8, 4) is 11.5 Å². The number of carboxylic acid groups (broad SMARTS) is 1. The van der Waals surface area contributed by atoms with Crippen LogP contribution in [-0.4, -0.2) is 64.7 Å². The predicted molar refractivity (Wildman–Crippen MR) is 106 cm³/mol. The SMILES string of the molecule is COc1ccc(CN2C(=O)[C@H](N(C(=O)O)C(C)(C)C)[C@H]2C=CC(N)=O)c(OC)c1. The van der Waals surface area contributed by atoms with Crippen molar-refractivity contribution >= 4 is 17.9 Å². The third-order valence-electron chi connectivity index (χ3n) is 4.72. The van der Waals surface area contributed by atoms with E-state index >= 15 is 0 Å². The van der Waals surface area contributed by atoms with E-state index in [-0.39, 0.29) is 12.5 Å². The van der Waals surface area contributed by atoms with Gasteiger partial charge < -0.3 is 25.2 Å². The van der Waals surface area contributed by atoms with E-state index in [4.69, 9.17) is 15.2 Å². The van der Waals surface area contributed by atoms with Crippen LogP contribution in [0.1, 0.15) is 26.3 Å². The lowest BCUT2D eigenvalue weighted by Crippen LogP contribution is -2.73. The number of ether oxygens (including phenoxy) is 2. The number of β-lactam (4-membered cyclic amide) rings is 1. The van der Waals surface area contributed by atoms with Crippen molar-refractivity contribution in [1.29, 1.82) is 0 Å². The highest BCUT2D eigenvalue weighted by Crippen LogP contribution is 2.35. The second-order valence-electron chi connectivity index (χ2n) is 7.66. The van der Waals surface area contributed by atoms with E-state index in [1.165, 1.54) is 25.2 Å². The molecule has 0 unspecified atom stereocenters. The summed E-state index contributed by atoms with van der Waals surface area (Å²) in [6.45, 7) is 5.29. The summed E-state index contributed by atoms with van der Waals surface area (Å²) >= 11 is 0. The van der Waals surface area contributed by atoms with Crippen molar-refractivity contribution in [2.24, 2.45) is 5.73 Å². The summed E-state index contributed by atoms with van der Waals surface area (Å²) in [5.41, 5.74) is 5.11. The van der Waals surface area contributed by atoms with Crippen molar-refractivity contribution in [2.45, 2.75) is 44.9 Å². The maximum absolute atomic E-state index is 12.9. The monoisotopic (exact) mass is 405 g/mol. The van der Waals surface area contributed by atoms with Crippen LogP contribution in [0.25, 0.3) is 0 Å². The molecule has 0 aromatic heterocycles. The van der Waals surface area contributed by atoms with E-state index in [1.807, 2.05) is 0 Å². The molecular weight excluding hydrogens is 378 g/mol. The fourth-order valence-electron chi connectivity index (χ4n) is 3.39. The Balaban J connectivity index is 2.38. The van der Waals surface area contributed by atoms with E-state index in [2.05, 4.69) is 0 Å². The molecule has 2 atom stereocenters. The normalized spacial score (nSPS) is 19.1. The van der Waals surface area contributed by atoms with Gasteiger partial charge in [0.15, 0.2) is 0 Å². The molecule has 1 aliphatic rings. The Morgan fingerprint density at radius 1 is 1.28 bits per heavy atom. The summed E-state index contributed by atoms with van der Waals surface area (Å²) < 4.78 is 10.6. The van der Waals surface area contributed by atoms with Gasteiger partial charge in [0.1, 0.15) is 17.5 Å². The van der Waals surface area contributed by atoms with Gasteiger partial charge in [-0.05, 0) is 32.9 Å². The molecule has 9 heteroatoms. The Morgan fingerprint density at radius 3 is 2.41 bits per heavy atom. The third-order valence-corrected chi connectivity index (χ3v) is 4.72. The van der Waals surface area contributed by atoms with Gasteiger partial charge in [0.2, 0.25) is 11.8 Å². The van der Waals surface area contributed by atoms with Crippen molar-refractivity contribution in [3.63, 3.8) is 0 Å². The van der Waals surface area contributed by atoms with Gasteiger partial charge in [-0.15, -0.1) is 0 Å². The maximum atomic E-state index is 12.9. The molecule has 0 radical (unpaired) electrons. The molecule has 158 valence electrons. The minimum atomic E-state index is -1.21. The van der Waals surface area contributed by atoms with Crippen LogP contribution in [0.3, 0.4) is 0 Å². The molecule has 0 saturated carbocycles. The van der Waals surface area contributed by atoms with E-state index in [9.17, 15) is 19.5 Å². The zero-order valence-corrected chi connectivity index (χ0v) is 17.2. The topological polar surface area (TPSA) is 122 Å². The van der Waals surface area contributed by atoms with Crippen LogP contribution in [0, 0.1) is 0 Å². The Morgan fingerprint density at radius 2 is 1.93 bits per heavy atom. The number of hydrogen-bond donors (Lipinski definition) is 2. The summed E-state index contributed by atoms with van der Waals surface area (Å²) in [7, 11) is 3.05. The van der Waals surface area contributed by atoms with Gasteiger partial charge in [-0.25, -0.2) is 4.79 Å². The van der Waals surface area contributed by atoms with Crippen LogP contribution in [0.5, 0.6) is 11.5 Å². The Hall–Kier alpha value is -3.23. The zero-order chi connectivity index (χ0) is 21.9. The second kappa shape index (κ2) is 8.42. The number of hydrogen-bond acceptors (Lipinski definition) is 5. The average molecular weight is 405 g/mol. The van der Waals surface area contributed by atoms with E-state index in [1.54, 1.807) is 39.0 Å². The molecule has 0 bridgehead atoms. The number of methoxy groups -OCH3 is 2. The van der Waals surface area contributed by atoms with Crippen LogP contribution in [0.4, 0.5) is 4.79 Å². The van der Waals surface area contributed by atoms with Crippen molar-refractivity contribution < 1.29 is 29.0 Å². The molecule has 29 heavy (non-hydrogen) atoms. The molecule has 1 aromatic carbocycles. The van der Waals surface area contributed by atoms with Crippen molar-refractivity contribution in [3.05, 3.63) is 35.9 Å². The average Bonchev–Trinajstić information content (AvgIpc) is 2.64. The minimum Gasteiger partial charge on any atom is -0.497 e. The Kier molecular flexibility index (Phi) is 6.41. The maximum Gasteiger partial charge on any atom is 0.408 e. The lowest BCUT2D eigenvalue weighted by Gasteiger charge is -2.52. The van der Waals surface area contributed by atoms with Gasteiger partial charge in [0, 0.05) is 23.2 Å². The van der Waals surface area contributed by atoms with Gasteiger partial charge >= 0.3 is 6.09 Å². The Bertz CT molecular complexity index is 830. The van der Waals surface area contributed by atoms with Gasteiger partial charge in [-0.3, -0.25) is 14.5 Å². The first-order chi connectivity index (χ1) is 13.5. The molecule has 0 aliphatic carbocycles. The highest BCUT2D eigenvalue weighted by molar-refractivity contribution is 5.94. The van der Waals surface area contributed by atoms with Crippen molar-refractivity contribution in [2.75, 3.05) is 14.2 Å². The van der Waals surface area contributed by atoms with Crippen LogP contribution in [-0.2, 0) is 16.1 Å². The quantitative estimate of drug-likeness (QED) is 0.525. The summed E-state index contributed by atoms with van der Waals surface area (Å²) in [5.74, 6) is 0.0968. The number of nitrogens with zero attached hydrogens (tertiary/aromatic N) is 2. The largest absolute Gasteiger partial charge is 0.497 e. The number of nitrogens with two attached hydrogens (primary N) is 1. The molecule has 0 spiro atoms. The first-order valence-corrected chi connectivity index (χ1v) is 9.02. The van der Waals surface area contributed by atoms with Gasteiger partial charge in [0.25, 0.3) is 0 Å². The van der Waals surface area contributed by atoms with E-state index < -0.39 is 29.6 Å². The zero-order valence-electron chi connectivity index (χ0n) is 17.2. The third kappa shape index (κ3) is 4.61. The molecule has 3 N–H and O–H groups in total. The molecular formula is C20H27N3O6. The molecule has 9 nitrogen and oxygen atoms in total. The first kappa shape index (κ1) is 22.1. The smallest absolute Gasteiger partial charge is 0.408 e. The lowest BCUT2D eigenvalue weighted by molar-refractivity contribution is -0.159. The second-order valence-corrected chi connectivity index (χ2v) is 7.66. The predicted octanol–water partition coefficient (Wildman–Crippen LogP) is 1.60. The summed E-state index contributed by atoms with van der Waals surface area (Å²) in [5, 5.41) is 9.68. The molecule has 3 amide bonds. The van der Waals surface area contributed by atoms with Crippen LogP contribution in [0.15, 0.2) is 30.4 Å². The first-order valence-electron chi connectivity index (χ1n) is 9.02. The van der Waals surface area contributed by atoms with Gasteiger partial charge in [-0.1, -0.05) is 6.08 Å². The van der Waals surface area contributed by atoms with Gasteiger partial charge in [-0.2, -0.15) is 0 Å². The highest BCUT2D eigenvalue weighted by atomic mass is 16.5. The fourth-order valence-corrected chi connectivity index (χ4v) is 3.39. The number of primary amides is 1. The van der Waals surface area contributed by atoms with Crippen LogP contribution in [0.2, 0.25) is 0 Å². The molecule has 1 aliphatic heterocycles. The number of carbonyl (C=O) groups is 3. The fraction of sp³-hybridized carbons (Fsp3) is 0.450. The van der Waals surface area contributed by atoms with E-state index in [0.717, 1.165) is 16.5 Å². The van der Waals surface area contributed by atoms with Crippen molar-refractivity contribution in [1.82, 2.24) is 9.80 Å². The molecule has 1 saturated heterocycles. The number of likely N-dealkylation sites (tertiary alicyclic amines) is 1. The van der Waals surface area contributed by atoms with Crippen LogP contribution >= 0.6 is 0 Å². The molecule has 1 aromatic rings. The number of amides is 3. The lowest BCUT2D eigenvalue weighted by atomic mass is 9.88. The summed E-state index contributed by atoms with van der Waals surface area (Å²) in [6.07, 6.45) is 1.40. The highest BCUT2D eigenvalue weighted by Gasteiger charge is 2.53. The number of carbonyl (C=O) groups excluding carboxylic acids is 2. The molecule has 2 rings (SSSR count). The van der Waals surface area contributed by atoms with E-state index in [0.29, 0.717) is 11.5 Å². The molecule has 1 fully saturated rings. The van der Waals surface area contributed by atoms with Gasteiger partial charge in [0.05, 0.1) is 26.8 Å².